The number of carbonyl (C=O) groups excluding carboxylic acids is 1. The van der Waals surface area contributed by atoms with Crippen molar-refractivity contribution in [1.29, 1.82) is 0 Å². The Balaban J connectivity index is 1.30. The molecule has 1 amide bonds. The molecule has 0 spiro atoms. The van der Waals surface area contributed by atoms with Crippen molar-refractivity contribution in [3.63, 3.8) is 0 Å². The van der Waals surface area contributed by atoms with Crippen LogP contribution in [0.4, 0.5) is 11.4 Å². The zero-order valence-corrected chi connectivity index (χ0v) is 18.0. The number of piperidine rings is 2. The van der Waals surface area contributed by atoms with Crippen molar-refractivity contribution in [3.8, 4) is 0 Å². The molecule has 2 aromatic carbocycles. The highest BCUT2D eigenvalue weighted by atomic mass is 35.5. The molecule has 2 saturated heterocycles. The molecule has 0 saturated carbocycles. The highest BCUT2D eigenvalue weighted by Crippen LogP contribution is 2.35. The Kier molecular flexibility index (Phi) is 6.16. The van der Waals surface area contributed by atoms with Crippen molar-refractivity contribution in [3.05, 3.63) is 69.2 Å². The van der Waals surface area contributed by atoms with E-state index >= 15 is 0 Å². The number of nitro benzene ring substituents is 1. The minimum Gasteiger partial charge on any atom is -0.385 e. The first-order valence-electron chi connectivity index (χ1n) is 10.6. The molecule has 4 rings (SSSR count). The third-order valence-corrected chi connectivity index (χ3v) is 6.81. The second kappa shape index (κ2) is 8.85. The van der Waals surface area contributed by atoms with Gasteiger partial charge >= 0.3 is 0 Å². The van der Waals surface area contributed by atoms with Crippen molar-refractivity contribution in [2.45, 2.75) is 31.3 Å². The first-order valence-corrected chi connectivity index (χ1v) is 11.0. The smallest absolute Gasteiger partial charge is 0.269 e. The Labute approximate surface area is 186 Å². The average molecular weight is 444 g/mol. The van der Waals surface area contributed by atoms with E-state index in [1.54, 1.807) is 24.3 Å². The predicted molar refractivity (Wildman–Crippen MR) is 119 cm³/mol. The van der Waals surface area contributed by atoms with Crippen molar-refractivity contribution in [2.24, 2.45) is 5.92 Å². The number of halogens is 1. The zero-order valence-electron chi connectivity index (χ0n) is 17.2. The number of aliphatic hydroxyl groups is 1. The summed E-state index contributed by atoms with van der Waals surface area (Å²) in [7, 11) is 0. The van der Waals surface area contributed by atoms with Crippen molar-refractivity contribution in [2.75, 3.05) is 31.1 Å². The van der Waals surface area contributed by atoms with Crippen LogP contribution in [-0.2, 0) is 10.4 Å². The molecule has 1 N–H and O–H groups in total. The van der Waals surface area contributed by atoms with Crippen LogP contribution in [0.5, 0.6) is 0 Å². The Morgan fingerprint density at radius 1 is 1.00 bits per heavy atom. The SMILES string of the molecule is O=C(C1CCN(c2ccc([N+](=O)[O-])cc2)CC1)N1CCC(O)(c2ccc(Cl)cc2)CC1. The minimum atomic E-state index is -0.916. The number of likely N-dealkylation sites (tertiary alicyclic amines) is 1. The maximum absolute atomic E-state index is 13.0. The van der Waals surface area contributed by atoms with Crippen LogP contribution in [0.15, 0.2) is 48.5 Å². The van der Waals surface area contributed by atoms with Gasteiger partial charge in [-0.15, -0.1) is 0 Å². The van der Waals surface area contributed by atoms with E-state index in [2.05, 4.69) is 4.90 Å². The minimum absolute atomic E-state index is 0.0176. The summed E-state index contributed by atoms with van der Waals surface area (Å²) in [6.07, 6.45) is 2.55. The lowest BCUT2D eigenvalue weighted by Gasteiger charge is -2.41. The Morgan fingerprint density at radius 3 is 2.13 bits per heavy atom. The molecule has 31 heavy (non-hydrogen) atoms. The second-order valence-electron chi connectivity index (χ2n) is 8.40. The highest BCUT2D eigenvalue weighted by Gasteiger charge is 2.37. The lowest BCUT2D eigenvalue weighted by molar-refractivity contribution is -0.384. The monoisotopic (exact) mass is 443 g/mol. The summed E-state index contributed by atoms with van der Waals surface area (Å²) in [5, 5.41) is 22.5. The van der Waals surface area contributed by atoms with E-state index in [9.17, 15) is 20.0 Å². The van der Waals surface area contributed by atoms with Crippen LogP contribution in [0.1, 0.15) is 31.2 Å². The van der Waals surface area contributed by atoms with Gasteiger partial charge in [0.2, 0.25) is 5.91 Å². The maximum Gasteiger partial charge on any atom is 0.269 e. The second-order valence-corrected chi connectivity index (χ2v) is 8.84. The van der Waals surface area contributed by atoms with E-state index in [1.807, 2.05) is 17.0 Å². The molecule has 2 aliphatic heterocycles. The molecule has 2 heterocycles. The van der Waals surface area contributed by atoms with Crippen LogP contribution in [0.2, 0.25) is 5.02 Å². The number of anilines is 1. The number of hydrogen-bond acceptors (Lipinski definition) is 5. The Morgan fingerprint density at radius 2 is 1.58 bits per heavy atom. The van der Waals surface area contributed by atoms with Gasteiger partial charge in [0, 0.05) is 54.9 Å². The summed E-state index contributed by atoms with van der Waals surface area (Å²) in [5.41, 5.74) is 0.959. The molecule has 0 bridgehead atoms. The van der Waals surface area contributed by atoms with Crippen LogP contribution in [0, 0.1) is 16.0 Å². The fourth-order valence-corrected chi connectivity index (χ4v) is 4.70. The van der Waals surface area contributed by atoms with E-state index in [1.165, 1.54) is 12.1 Å². The summed E-state index contributed by atoms with van der Waals surface area (Å²) < 4.78 is 0. The third kappa shape index (κ3) is 4.67. The molecule has 0 aliphatic carbocycles. The quantitative estimate of drug-likeness (QED) is 0.570. The van der Waals surface area contributed by atoms with Gasteiger partial charge in [-0.1, -0.05) is 23.7 Å². The van der Waals surface area contributed by atoms with Crippen molar-refractivity contribution in [1.82, 2.24) is 4.90 Å². The average Bonchev–Trinajstić information content (AvgIpc) is 2.80. The van der Waals surface area contributed by atoms with Gasteiger partial charge in [-0.05, 0) is 55.5 Å². The number of amides is 1. The molecular weight excluding hydrogens is 418 g/mol. The van der Waals surface area contributed by atoms with Crippen LogP contribution in [0.3, 0.4) is 0 Å². The van der Waals surface area contributed by atoms with Gasteiger partial charge in [0.05, 0.1) is 10.5 Å². The predicted octanol–water partition coefficient (Wildman–Crippen LogP) is 3.97. The molecular formula is C23H26ClN3O4. The van der Waals surface area contributed by atoms with E-state index in [4.69, 9.17) is 11.6 Å². The fraction of sp³-hybridized carbons (Fsp3) is 0.435. The molecule has 0 unspecified atom stereocenters. The molecule has 2 aromatic rings. The molecule has 2 aliphatic rings. The summed E-state index contributed by atoms with van der Waals surface area (Å²) in [6, 6.07) is 13.8. The number of hydrogen-bond donors (Lipinski definition) is 1. The largest absolute Gasteiger partial charge is 0.385 e. The van der Waals surface area contributed by atoms with Gasteiger partial charge in [0.1, 0.15) is 0 Å². The van der Waals surface area contributed by atoms with Crippen molar-refractivity contribution >= 4 is 28.9 Å². The Hall–Kier alpha value is -2.64. The number of benzene rings is 2. The molecule has 0 radical (unpaired) electrons. The molecule has 7 nitrogen and oxygen atoms in total. The van der Waals surface area contributed by atoms with Gasteiger partial charge < -0.3 is 14.9 Å². The normalized spacial score (nSPS) is 19.3. The van der Waals surface area contributed by atoms with Gasteiger partial charge in [-0.25, -0.2) is 0 Å². The van der Waals surface area contributed by atoms with Gasteiger partial charge in [0.25, 0.3) is 5.69 Å². The third-order valence-electron chi connectivity index (χ3n) is 6.55. The number of nitrogens with zero attached hydrogens (tertiary/aromatic N) is 3. The molecule has 2 fully saturated rings. The molecule has 8 heteroatoms. The number of non-ortho nitro benzene ring substituents is 1. The summed E-state index contributed by atoms with van der Waals surface area (Å²) in [4.78, 5) is 27.5. The summed E-state index contributed by atoms with van der Waals surface area (Å²) >= 11 is 5.95. The van der Waals surface area contributed by atoms with Crippen LogP contribution >= 0.6 is 11.6 Å². The van der Waals surface area contributed by atoms with Crippen LogP contribution in [0.25, 0.3) is 0 Å². The fourth-order valence-electron chi connectivity index (χ4n) is 4.57. The Bertz CT molecular complexity index is 932. The van der Waals surface area contributed by atoms with Gasteiger partial charge in [-0.3, -0.25) is 14.9 Å². The lowest BCUT2D eigenvalue weighted by atomic mass is 9.83. The zero-order chi connectivity index (χ0) is 22.0. The van der Waals surface area contributed by atoms with E-state index in [-0.39, 0.29) is 17.5 Å². The first-order chi connectivity index (χ1) is 14.9. The molecule has 164 valence electrons. The topological polar surface area (TPSA) is 86.9 Å². The van der Waals surface area contributed by atoms with Crippen LogP contribution in [-0.4, -0.2) is 47.0 Å². The van der Waals surface area contributed by atoms with Gasteiger partial charge in [0.15, 0.2) is 0 Å². The number of rotatable bonds is 4. The lowest BCUT2D eigenvalue weighted by Crippen LogP contribution is -2.49. The number of carbonyl (C=O) groups is 1. The molecule has 0 aromatic heterocycles. The van der Waals surface area contributed by atoms with Crippen molar-refractivity contribution < 1.29 is 14.8 Å². The van der Waals surface area contributed by atoms with E-state index in [0.29, 0.717) is 31.0 Å². The first kappa shape index (κ1) is 21.6. The van der Waals surface area contributed by atoms with Gasteiger partial charge in [-0.2, -0.15) is 0 Å². The standard InChI is InChI=1S/C23H26ClN3O4/c24-19-3-1-18(2-4-19)23(29)11-15-26(16-12-23)22(28)17-9-13-25(14-10-17)20-5-7-21(8-6-20)27(30)31/h1-8,17,29H,9-16H2. The summed E-state index contributed by atoms with van der Waals surface area (Å²) in [6.45, 7) is 2.58. The van der Waals surface area contributed by atoms with Crippen LogP contribution < -0.4 is 4.90 Å². The highest BCUT2D eigenvalue weighted by molar-refractivity contribution is 6.30. The molecule has 0 atom stereocenters. The maximum atomic E-state index is 13.0. The van der Waals surface area contributed by atoms with E-state index < -0.39 is 10.5 Å². The summed E-state index contributed by atoms with van der Waals surface area (Å²) in [5.74, 6) is 0.150. The van der Waals surface area contributed by atoms with E-state index in [0.717, 1.165) is 37.2 Å². The number of nitro groups is 1.